The Morgan fingerprint density at radius 2 is 2.19 bits per heavy atom. The van der Waals surface area contributed by atoms with E-state index in [-0.39, 0.29) is 0 Å². The highest BCUT2D eigenvalue weighted by molar-refractivity contribution is 4.72. The molecule has 3 nitrogen and oxygen atoms in total. The van der Waals surface area contributed by atoms with Crippen LogP contribution < -0.4 is 5.32 Å². The van der Waals surface area contributed by atoms with Crippen molar-refractivity contribution < 1.29 is 4.74 Å². The van der Waals surface area contributed by atoms with Crippen LogP contribution in [0.15, 0.2) is 0 Å². The van der Waals surface area contributed by atoms with Gasteiger partial charge >= 0.3 is 0 Å². The second-order valence-electron chi connectivity index (χ2n) is 4.71. The van der Waals surface area contributed by atoms with E-state index >= 15 is 0 Å². The van der Waals surface area contributed by atoms with Crippen molar-refractivity contribution in [1.29, 1.82) is 0 Å². The molecule has 96 valence electrons. The smallest absolute Gasteiger partial charge is 0.0593 e. The highest BCUT2D eigenvalue weighted by Gasteiger charge is 2.16. The maximum atomic E-state index is 5.44. The van der Waals surface area contributed by atoms with E-state index in [9.17, 15) is 0 Å². The first-order valence-corrected chi connectivity index (χ1v) is 6.87. The fraction of sp³-hybridized carbons (Fsp3) is 1.00. The molecular formula is C13H28N2O. The second-order valence-corrected chi connectivity index (χ2v) is 4.71. The summed E-state index contributed by atoms with van der Waals surface area (Å²) < 4.78 is 5.44. The van der Waals surface area contributed by atoms with Crippen molar-refractivity contribution in [2.24, 2.45) is 5.92 Å². The highest BCUT2D eigenvalue weighted by Crippen LogP contribution is 2.11. The van der Waals surface area contributed by atoms with Crippen LogP contribution in [-0.2, 0) is 4.74 Å². The highest BCUT2D eigenvalue weighted by atomic mass is 16.5. The van der Waals surface area contributed by atoms with Crippen LogP contribution in [0.5, 0.6) is 0 Å². The van der Waals surface area contributed by atoms with E-state index in [1.54, 1.807) is 0 Å². The lowest BCUT2D eigenvalue weighted by Gasteiger charge is -2.29. The second kappa shape index (κ2) is 8.97. The largest absolute Gasteiger partial charge is 0.380 e. The van der Waals surface area contributed by atoms with Gasteiger partial charge < -0.3 is 15.0 Å². The number of ether oxygens (including phenoxy) is 1. The van der Waals surface area contributed by atoms with Gasteiger partial charge in [-0.1, -0.05) is 6.92 Å². The maximum absolute atomic E-state index is 5.44. The predicted molar refractivity (Wildman–Crippen MR) is 68.8 cm³/mol. The number of nitrogens with one attached hydrogen (secondary N) is 1. The van der Waals surface area contributed by atoms with E-state index < -0.39 is 0 Å². The van der Waals surface area contributed by atoms with Crippen LogP contribution in [0.25, 0.3) is 0 Å². The Labute approximate surface area is 101 Å². The van der Waals surface area contributed by atoms with Gasteiger partial charge in [-0.3, -0.25) is 0 Å². The van der Waals surface area contributed by atoms with Crippen LogP contribution in [0.4, 0.5) is 0 Å². The predicted octanol–water partition coefficient (Wildman–Crippen LogP) is 1.73. The van der Waals surface area contributed by atoms with Crippen molar-refractivity contribution in [3.8, 4) is 0 Å². The van der Waals surface area contributed by atoms with Crippen molar-refractivity contribution in [3.05, 3.63) is 0 Å². The molecule has 0 aliphatic carbocycles. The van der Waals surface area contributed by atoms with Crippen molar-refractivity contribution in [3.63, 3.8) is 0 Å². The Kier molecular flexibility index (Phi) is 7.81. The van der Waals surface area contributed by atoms with Gasteiger partial charge in [0.25, 0.3) is 0 Å². The van der Waals surface area contributed by atoms with Crippen molar-refractivity contribution >= 4 is 0 Å². The minimum absolute atomic E-state index is 0.838. The van der Waals surface area contributed by atoms with Crippen molar-refractivity contribution in [2.75, 3.05) is 45.9 Å². The molecule has 1 atom stereocenters. The third-order valence-electron chi connectivity index (χ3n) is 3.21. The molecule has 1 saturated heterocycles. The zero-order valence-corrected chi connectivity index (χ0v) is 11.0. The van der Waals surface area contributed by atoms with Crippen molar-refractivity contribution in [2.45, 2.75) is 33.1 Å². The Balaban J connectivity index is 2.19. The summed E-state index contributed by atoms with van der Waals surface area (Å²) in [6, 6.07) is 0. The molecule has 1 unspecified atom stereocenters. The zero-order valence-electron chi connectivity index (χ0n) is 11.0. The first-order valence-electron chi connectivity index (χ1n) is 6.87. The summed E-state index contributed by atoms with van der Waals surface area (Å²) in [5.74, 6) is 0.849. The molecule has 16 heavy (non-hydrogen) atoms. The molecule has 1 fully saturated rings. The van der Waals surface area contributed by atoms with Gasteiger partial charge in [0.1, 0.15) is 0 Å². The number of rotatable bonds is 8. The van der Waals surface area contributed by atoms with Gasteiger partial charge in [-0.25, -0.2) is 0 Å². The minimum atomic E-state index is 0.838. The molecule has 3 heteroatoms. The molecule has 0 aromatic carbocycles. The Morgan fingerprint density at radius 1 is 1.31 bits per heavy atom. The van der Waals surface area contributed by atoms with Crippen LogP contribution in [0.2, 0.25) is 0 Å². The van der Waals surface area contributed by atoms with E-state index in [4.69, 9.17) is 4.74 Å². The average Bonchev–Trinajstić information content (AvgIpc) is 2.31. The molecule has 1 aliphatic heterocycles. The number of hydrogen-bond acceptors (Lipinski definition) is 3. The van der Waals surface area contributed by atoms with E-state index in [1.807, 2.05) is 0 Å². The number of hydrogen-bond donors (Lipinski definition) is 1. The lowest BCUT2D eigenvalue weighted by molar-refractivity contribution is 0.103. The molecule has 0 radical (unpaired) electrons. The summed E-state index contributed by atoms with van der Waals surface area (Å²) in [6.45, 7) is 12.0. The molecule has 0 amide bonds. The first kappa shape index (κ1) is 13.9. The van der Waals surface area contributed by atoms with Crippen LogP contribution >= 0.6 is 0 Å². The molecule has 0 aromatic heterocycles. The maximum Gasteiger partial charge on any atom is 0.0593 e. The quantitative estimate of drug-likeness (QED) is 0.640. The fourth-order valence-corrected chi connectivity index (χ4v) is 2.39. The number of nitrogens with zero attached hydrogens (tertiary/aromatic N) is 1. The van der Waals surface area contributed by atoms with E-state index in [1.165, 1.54) is 45.4 Å². The van der Waals surface area contributed by atoms with Crippen LogP contribution in [0.3, 0.4) is 0 Å². The normalized spacial score (nSPS) is 21.6. The topological polar surface area (TPSA) is 24.5 Å². The third-order valence-corrected chi connectivity index (χ3v) is 3.21. The van der Waals surface area contributed by atoms with Crippen molar-refractivity contribution in [1.82, 2.24) is 10.2 Å². The van der Waals surface area contributed by atoms with E-state index in [2.05, 4.69) is 24.1 Å². The van der Waals surface area contributed by atoms with E-state index in [0.717, 1.165) is 25.7 Å². The molecule has 0 bridgehead atoms. The van der Waals surface area contributed by atoms with Crippen LogP contribution in [-0.4, -0.2) is 50.8 Å². The lowest BCUT2D eigenvalue weighted by Crippen LogP contribution is -2.39. The molecule has 1 N–H and O–H groups in total. The zero-order chi connectivity index (χ0) is 11.6. The molecule has 1 aliphatic rings. The summed E-state index contributed by atoms with van der Waals surface area (Å²) in [7, 11) is 0. The third kappa shape index (κ3) is 5.83. The SMILES string of the molecule is CCCN(CCOCC)CC1CCCNC1. The minimum Gasteiger partial charge on any atom is -0.380 e. The van der Waals surface area contributed by atoms with Gasteiger partial charge in [-0.2, -0.15) is 0 Å². The van der Waals surface area contributed by atoms with Gasteiger partial charge in [0.2, 0.25) is 0 Å². The van der Waals surface area contributed by atoms with Gasteiger partial charge in [-0.15, -0.1) is 0 Å². The molecular weight excluding hydrogens is 200 g/mol. The van der Waals surface area contributed by atoms with Gasteiger partial charge in [-0.05, 0) is 51.7 Å². The van der Waals surface area contributed by atoms with Crippen LogP contribution in [0, 0.1) is 5.92 Å². The van der Waals surface area contributed by atoms with Gasteiger partial charge in [0, 0.05) is 19.7 Å². The summed E-state index contributed by atoms with van der Waals surface area (Å²) >= 11 is 0. The first-order chi connectivity index (χ1) is 7.86. The summed E-state index contributed by atoms with van der Waals surface area (Å²) in [5, 5.41) is 3.49. The van der Waals surface area contributed by atoms with Gasteiger partial charge in [0.15, 0.2) is 0 Å². The summed E-state index contributed by atoms with van der Waals surface area (Å²) in [5.41, 5.74) is 0. The molecule has 1 rings (SSSR count). The fourth-order valence-electron chi connectivity index (χ4n) is 2.39. The average molecular weight is 228 g/mol. The monoisotopic (exact) mass is 228 g/mol. The van der Waals surface area contributed by atoms with E-state index in [0.29, 0.717) is 0 Å². The Bertz CT molecular complexity index is 158. The molecule has 1 heterocycles. The molecule has 0 spiro atoms. The molecule has 0 aromatic rings. The van der Waals surface area contributed by atoms with Gasteiger partial charge in [0.05, 0.1) is 6.61 Å². The van der Waals surface area contributed by atoms with Crippen LogP contribution in [0.1, 0.15) is 33.1 Å². The standard InChI is InChI=1S/C13H28N2O/c1-3-8-15(9-10-16-4-2)12-13-6-5-7-14-11-13/h13-14H,3-12H2,1-2H3. The molecule has 0 saturated carbocycles. The summed E-state index contributed by atoms with van der Waals surface area (Å²) in [6.07, 6.45) is 3.98. The Hall–Kier alpha value is -0.120. The lowest BCUT2D eigenvalue weighted by atomic mass is 9.99. The summed E-state index contributed by atoms with van der Waals surface area (Å²) in [4.78, 5) is 2.56. The number of piperidine rings is 1. The Morgan fingerprint density at radius 3 is 2.81 bits per heavy atom.